The van der Waals surface area contributed by atoms with Crippen molar-refractivity contribution in [3.63, 3.8) is 0 Å². The van der Waals surface area contributed by atoms with Gasteiger partial charge in [-0.15, -0.1) is 0 Å². The molecule has 0 unspecified atom stereocenters. The highest BCUT2D eigenvalue weighted by Gasteiger charge is 2.00. The number of nitrogens with zero attached hydrogens (tertiary/aromatic N) is 1. The molecule has 0 aliphatic carbocycles. The molecule has 0 aromatic heterocycles. The predicted octanol–water partition coefficient (Wildman–Crippen LogP) is 2.75. The molecule has 0 atom stereocenters. The third-order valence-corrected chi connectivity index (χ3v) is 2.02. The lowest BCUT2D eigenvalue weighted by atomic mass is 10.1. The first-order valence-corrected chi connectivity index (χ1v) is 4.31. The van der Waals surface area contributed by atoms with Gasteiger partial charge >= 0.3 is 0 Å². The van der Waals surface area contributed by atoms with Crippen LogP contribution in [0.2, 0.25) is 0 Å². The van der Waals surface area contributed by atoms with Crippen molar-refractivity contribution in [3.8, 4) is 0 Å². The molecule has 11 heavy (non-hydrogen) atoms. The van der Waals surface area contributed by atoms with Gasteiger partial charge < -0.3 is 0 Å². The fraction of sp³-hybridized carbons (Fsp3) is 0.250. The number of para-hydroxylation sites is 1. The number of hydrogen-bond acceptors (Lipinski definition) is 3. The Morgan fingerprint density at radius 2 is 1.91 bits per heavy atom. The number of rotatable bonds is 2. The lowest BCUT2D eigenvalue weighted by molar-refractivity contribution is 1.14. The van der Waals surface area contributed by atoms with Crippen molar-refractivity contribution in [1.29, 1.82) is 0 Å². The van der Waals surface area contributed by atoms with E-state index in [1.807, 2.05) is 18.2 Å². The second-order valence-corrected chi connectivity index (χ2v) is 3.39. The quantitative estimate of drug-likeness (QED) is 0.670. The van der Waals surface area contributed by atoms with Crippen molar-refractivity contribution in [2.24, 2.45) is 0 Å². The van der Waals surface area contributed by atoms with Crippen LogP contribution in [0, 0.1) is 0 Å². The Morgan fingerprint density at radius 3 is 2.36 bits per heavy atom. The van der Waals surface area contributed by atoms with Crippen LogP contribution in [0.1, 0.15) is 12.5 Å². The molecule has 0 radical (unpaired) electrons. The summed E-state index contributed by atoms with van der Waals surface area (Å²) >= 11 is 8.22. The first-order chi connectivity index (χ1) is 5.25. The third kappa shape index (κ3) is 2.07. The number of benzene rings is 1. The summed E-state index contributed by atoms with van der Waals surface area (Å²) in [6.45, 7) is 2.11. The minimum atomic E-state index is 1.01. The minimum Gasteiger partial charge on any atom is -0.264 e. The van der Waals surface area contributed by atoms with Gasteiger partial charge in [-0.25, -0.2) is 0 Å². The van der Waals surface area contributed by atoms with E-state index in [9.17, 15) is 0 Å². The van der Waals surface area contributed by atoms with Gasteiger partial charge in [0.1, 0.15) is 0 Å². The van der Waals surface area contributed by atoms with Crippen molar-refractivity contribution in [2.75, 3.05) is 3.71 Å². The zero-order valence-corrected chi connectivity index (χ0v) is 8.15. The molecule has 60 valence electrons. The molecule has 0 N–H and O–H groups in total. The van der Waals surface area contributed by atoms with Gasteiger partial charge in [0.2, 0.25) is 0 Å². The van der Waals surface area contributed by atoms with Crippen molar-refractivity contribution in [2.45, 2.75) is 13.3 Å². The van der Waals surface area contributed by atoms with E-state index >= 15 is 0 Å². The molecule has 1 aromatic carbocycles. The molecular formula is C8H11NS2. The largest absolute Gasteiger partial charge is 0.264 e. The van der Waals surface area contributed by atoms with Crippen LogP contribution in [-0.2, 0) is 6.42 Å². The van der Waals surface area contributed by atoms with Crippen LogP contribution in [0.25, 0.3) is 0 Å². The summed E-state index contributed by atoms with van der Waals surface area (Å²) in [7, 11) is 0. The first-order valence-electron chi connectivity index (χ1n) is 3.51. The lowest BCUT2D eigenvalue weighted by Gasteiger charge is -2.12. The molecule has 0 aliphatic heterocycles. The van der Waals surface area contributed by atoms with Crippen LogP contribution < -0.4 is 3.71 Å². The van der Waals surface area contributed by atoms with Gasteiger partial charge in [0.05, 0.1) is 5.69 Å². The molecule has 0 spiro atoms. The van der Waals surface area contributed by atoms with Crippen LogP contribution in [-0.4, -0.2) is 0 Å². The Balaban J connectivity index is 3.02. The summed E-state index contributed by atoms with van der Waals surface area (Å²) in [5.74, 6) is 0. The van der Waals surface area contributed by atoms with E-state index in [1.165, 1.54) is 5.56 Å². The zero-order chi connectivity index (χ0) is 8.27. The Bertz CT molecular complexity index is 235. The van der Waals surface area contributed by atoms with Crippen molar-refractivity contribution >= 4 is 31.3 Å². The van der Waals surface area contributed by atoms with Crippen molar-refractivity contribution in [3.05, 3.63) is 29.8 Å². The maximum absolute atomic E-state index is 4.11. The normalized spacial score (nSPS) is 9.73. The summed E-state index contributed by atoms with van der Waals surface area (Å²) in [5, 5.41) is 0. The van der Waals surface area contributed by atoms with Crippen LogP contribution in [0.4, 0.5) is 5.69 Å². The highest BCUT2D eigenvalue weighted by Crippen LogP contribution is 2.23. The van der Waals surface area contributed by atoms with Crippen LogP contribution in [0.15, 0.2) is 24.3 Å². The van der Waals surface area contributed by atoms with Gasteiger partial charge in [0.15, 0.2) is 0 Å². The van der Waals surface area contributed by atoms with Gasteiger partial charge in [-0.3, -0.25) is 3.71 Å². The Hall–Kier alpha value is -0.280. The van der Waals surface area contributed by atoms with Crippen molar-refractivity contribution in [1.82, 2.24) is 0 Å². The van der Waals surface area contributed by atoms with Crippen LogP contribution >= 0.6 is 25.6 Å². The van der Waals surface area contributed by atoms with E-state index in [2.05, 4.69) is 38.6 Å². The zero-order valence-electron chi connectivity index (χ0n) is 6.36. The van der Waals surface area contributed by atoms with Crippen molar-refractivity contribution < 1.29 is 0 Å². The van der Waals surface area contributed by atoms with Crippen LogP contribution in [0.3, 0.4) is 0 Å². The SMILES string of the molecule is CCc1ccccc1N(S)S. The molecule has 0 heterocycles. The Kier molecular flexibility index (Phi) is 3.15. The highest BCUT2D eigenvalue weighted by atomic mass is 32.2. The van der Waals surface area contributed by atoms with E-state index in [4.69, 9.17) is 0 Å². The smallest absolute Gasteiger partial charge is 0.0620 e. The van der Waals surface area contributed by atoms with Crippen LogP contribution in [0.5, 0.6) is 0 Å². The van der Waals surface area contributed by atoms with E-state index in [0.29, 0.717) is 0 Å². The van der Waals surface area contributed by atoms with E-state index in [-0.39, 0.29) is 0 Å². The number of hydrogen-bond donors (Lipinski definition) is 2. The summed E-state index contributed by atoms with van der Waals surface area (Å²) < 4.78 is 1.54. The molecule has 0 saturated heterocycles. The average Bonchev–Trinajstić information content (AvgIpc) is 2.04. The topological polar surface area (TPSA) is 3.24 Å². The minimum absolute atomic E-state index is 1.01. The molecular weight excluding hydrogens is 174 g/mol. The first kappa shape index (κ1) is 8.81. The summed E-state index contributed by atoms with van der Waals surface area (Å²) in [6.07, 6.45) is 1.01. The lowest BCUT2D eigenvalue weighted by Crippen LogP contribution is -1.96. The summed E-state index contributed by atoms with van der Waals surface area (Å²) in [4.78, 5) is 0. The second kappa shape index (κ2) is 3.93. The monoisotopic (exact) mass is 185 g/mol. The molecule has 1 nitrogen and oxygen atoms in total. The number of aryl methyl sites for hydroxylation is 1. The summed E-state index contributed by atoms with van der Waals surface area (Å²) in [6, 6.07) is 8.08. The second-order valence-electron chi connectivity index (χ2n) is 2.27. The van der Waals surface area contributed by atoms with E-state index in [0.717, 1.165) is 12.1 Å². The molecule has 1 rings (SSSR count). The predicted molar refractivity (Wildman–Crippen MR) is 56.3 cm³/mol. The average molecular weight is 185 g/mol. The standard InChI is InChI=1S/C8H11NS2/c1-2-7-5-3-4-6-8(7)9(10)11/h3-6,10-11H,2H2,1H3. The highest BCUT2D eigenvalue weighted by molar-refractivity contribution is 8.00. The summed E-state index contributed by atoms with van der Waals surface area (Å²) in [5.41, 5.74) is 2.32. The molecule has 3 heteroatoms. The van der Waals surface area contributed by atoms with Gasteiger partial charge in [-0.2, -0.15) is 0 Å². The Morgan fingerprint density at radius 1 is 1.27 bits per heavy atom. The number of thiol groups is 2. The number of anilines is 1. The molecule has 1 aromatic rings. The molecule has 0 fully saturated rings. The van der Waals surface area contributed by atoms with Gasteiger partial charge in [-0.05, 0) is 18.1 Å². The van der Waals surface area contributed by atoms with E-state index in [1.54, 1.807) is 3.71 Å². The van der Waals surface area contributed by atoms with Gasteiger partial charge in [0, 0.05) is 0 Å². The third-order valence-electron chi connectivity index (χ3n) is 1.59. The van der Waals surface area contributed by atoms with Gasteiger partial charge in [-0.1, -0.05) is 50.8 Å². The Labute approximate surface area is 78.5 Å². The fourth-order valence-electron chi connectivity index (χ4n) is 1.00. The maximum Gasteiger partial charge on any atom is 0.0620 e. The molecule has 0 saturated carbocycles. The molecule has 0 aliphatic rings. The maximum atomic E-state index is 4.11. The van der Waals surface area contributed by atoms with E-state index < -0.39 is 0 Å². The fourth-order valence-corrected chi connectivity index (χ4v) is 1.40. The molecule has 0 amide bonds. The molecule has 0 bridgehead atoms. The van der Waals surface area contributed by atoms with Gasteiger partial charge in [0.25, 0.3) is 0 Å².